The second kappa shape index (κ2) is 5.37. The van der Waals surface area contributed by atoms with Gasteiger partial charge in [0.15, 0.2) is 0 Å². The van der Waals surface area contributed by atoms with E-state index in [-0.39, 0.29) is 0 Å². The molecular formula is C10H18N2S. The molecule has 2 nitrogen and oxygen atoms in total. The van der Waals surface area contributed by atoms with Crippen LogP contribution in [0.15, 0.2) is 17.5 Å². The van der Waals surface area contributed by atoms with Gasteiger partial charge in [0, 0.05) is 11.4 Å². The highest BCUT2D eigenvalue weighted by molar-refractivity contribution is 7.09. The summed E-state index contributed by atoms with van der Waals surface area (Å²) in [6.45, 7) is 1.85. The number of nitrogens with two attached hydrogens (primary N) is 1. The lowest BCUT2D eigenvalue weighted by Gasteiger charge is -2.18. The van der Waals surface area contributed by atoms with E-state index in [4.69, 9.17) is 5.73 Å². The monoisotopic (exact) mass is 198 g/mol. The zero-order chi connectivity index (χ0) is 9.68. The fraction of sp³-hybridized carbons (Fsp3) is 0.600. The maximum atomic E-state index is 5.72. The van der Waals surface area contributed by atoms with Gasteiger partial charge in [0.05, 0.1) is 0 Å². The van der Waals surface area contributed by atoms with E-state index in [0.717, 1.165) is 19.5 Å². The molecule has 0 fully saturated rings. The van der Waals surface area contributed by atoms with E-state index < -0.39 is 0 Å². The first-order valence-corrected chi connectivity index (χ1v) is 5.47. The zero-order valence-corrected chi connectivity index (χ0v) is 9.18. The lowest BCUT2D eigenvalue weighted by molar-refractivity contribution is 0.328. The molecule has 0 aliphatic heterocycles. The van der Waals surface area contributed by atoms with Gasteiger partial charge >= 0.3 is 0 Å². The van der Waals surface area contributed by atoms with Crippen molar-refractivity contribution >= 4 is 11.3 Å². The molecule has 1 atom stereocenters. The average Bonchev–Trinajstić information content (AvgIpc) is 2.55. The van der Waals surface area contributed by atoms with Gasteiger partial charge in [0.1, 0.15) is 0 Å². The first kappa shape index (κ1) is 10.7. The minimum Gasteiger partial charge on any atom is -0.330 e. The number of rotatable bonds is 5. The summed E-state index contributed by atoms with van der Waals surface area (Å²) in [5.41, 5.74) is 5.72. The van der Waals surface area contributed by atoms with Crippen molar-refractivity contribution in [3.63, 3.8) is 0 Å². The molecule has 13 heavy (non-hydrogen) atoms. The highest BCUT2D eigenvalue weighted by Gasteiger charge is 2.09. The van der Waals surface area contributed by atoms with Gasteiger partial charge in [-0.3, -0.25) is 0 Å². The van der Waals surface area contributed by atoms with Crippen molar-refractivity contribution in [1.29, 1.82) is 0 Å². The molecule has 1 aromatic rings. The summed E-state index contributed by atoms with van der Waals surface area (Å²) >= 11 is 1.82. The fourth-order valence-corrected chi connectivity index (χ4v) is 2.27. The lowest BCUT2D eigenvalue weighted by Crippen LogP contribution is -2.28. The molecule has 0 aliphatic rings. The van der Waals surface area contributed by atoms with E-state index in [1.807, 2.05) is 11.3 Å². The van der Waals surface area contributed by atoms with Crippen molar-refractivity contribution < 1.29 is 0 Å². The van der Waals surface area contributed by atoms with E-state index in [1.54, 1.807) is 0 Å². The standard InChI is InChI=1S/C10H18N2S/c1-12(2)8-9(7-11)6-10-4-3-5-13-10/h3-5,9H,6-8,11H2,1-2H3. The number of nitrogens with zero attached hydrogens (tertiary/aromatic N) is 1. The molecule has 1 unspecified atom stereocenters. The van der Waals surface area contributed by atoms with Gasteiger partial charge in [-0.25, -0.2) is 0 Å². The third kappa shape index (κ3) is 3.89. The number of hydrogen-bond acceptors (Lipinski definition) is 3. The molecule has 0 bridgehead atoms. The van der Waals surface area contributed by atoms with E-state index in [9.17, 15) is 0 Å². The topological polar surface area (TPSA) is 29.3 Å². The van der Waals surface area contributed by atoms with Crippen LogP contribution in [0, 0.1) is 5.92 Å². The zero-order valence-electron chi connectivity index (χ0n) is 8.36. The number of thiophene rings is 1. The Labute approximate surface area is 84.4 Å². The fourth-order valence-electron chi connectivity index (χ4n) is 1.45. The summed E-state index contributed by atoms with van der Waals surface area (Å²) in [5.74, 6) is 0.591. The minimum atomic E-state index is 0.591. The minimum absolute atomic E-state index is 0.591. The summed E-state index contributed by atoms with van der Waals surface area (Å²) in [5, 5.41) is 2.12. The van der Waals surface area contributed by atoms with Gasteiger partial charge in [0.2, 0.25) is 0 Å². The van der Waals surface area contributed by atoms with Crippen LogP contribution >= 0.6 is 11.3 Å². The lowest BCUT2D eigenvalue weighted by atomic mass is 10.0. The largest absolute Gasteiger partial charge is 0.330 e. The van der Waals surface area contributed by atoms with Crippen molar-refractivity contribution in [3.8, 4) is 0 Å². The smallest absolute Gasteiger partial charge is 0.00489 e. The second-order valence-electron chi connectivity index (χ2n) is 3.65. The molecule has 1 heterocycles. The van der Waals surface area contributed by atoms with Crippen LogP contribution in [-0.4, -0.2) is 32.1 Å². The van der Waals surface area contributed by atoms with Crippen LogP contribution in [0.2, 0.25) is 0 Å². The molecule has 2 N–H and O–H groups in total. The Balaban J connectivity index is 2.40. The van der Waals surface area contributed by atoms with Crippen LogP contribution in [0.4, 0.5) is 0 Å². The maximum Gasteiger partial charge on any atom is 0.00489 e. The summed E-state index contributed by atoms with van der Waals surface area (Å²) in [4.78, 5) is 3.64. The molecule has 0 aliphatic carbocycles. The quantitative estimate of drug-likeness (QED) is 0.775. The molecule has 0 saturated carbocycles. The molecule has 0 amide bonds. The van der Waals surface area contributed by atoms with Gasteiger partial charge in [-0.1, -0.05) is 6.07 Å². The average molecular weight is 198 g/mol. The van der Waals surface area contributed by atoms with Crippen LogP contribution in [0.1, 0.15) is 4.88 Å². The summed E-state index contributed by atoms with van der Waals surface area (Å²) in [7, 11) is 4.19. The molecule has 1 aromatic heterocycles. The highest BCUT2D eigenvalue weighted by atomic mass is 32.1. The van der Waals surface area contributed by atoms with Crippen molar-refractivity contribution in [2.45, 2.75) is 6.42 Å². The van der Waals surface area contributed by atoms with Gasteiger partial charge in [0.25, 0.3) is 0 Å². The first-order chi connectivity index (χ1) is 6.22. The molecular weight excluding hydrogens is 180 g/mol. The summed E-state index contributed by atoms with van der Waals surface area (Å²) < 4.78 is 0. The van der Waals surface area contributed by atoms with Gasteiger partial charge in [-0.2, -0.15) is 0 Å². The van der Waals surface area contributed by atoms with Crippen LogP contribution in [0.5, 0.6) is 0 Å². The maximum absolute atomic E-state index is 5.72. The van der Waals surface area contributed by atoms with Crippen molar-refractivity contribution in [2.24, 2.45) is 11.7 Å². The molecule has 0 aromatic carbocycles. The van der Waals surface area contributed by atoms with Crippen molar-refractivity contribution in [3.05, 3.63) is 22.4 Å². The Morgan fingerprint density at radius 2 is 2.31 bits per heavy atom. The van der Waals surface area contributed by atoms with Gasteiger partial charge < -0.3 is 10.6 Å². The van der Waals surface area contributed by atoms with E-state index in [0.29, 0.717) is 5.92 Å². The Morgan fingerprint density at radius 3 is 2.77 bits per heavy atom. The molecule has 74 valence electrons. The second-order valence-corrected chi connectivity index (χ2v) is 4.68. The van der Waals surface area contributed by atoms with Crippen LogP contribution in [-0.2, 0) is 6.42 Å². The Morgan fingerprint density at radius 1 is 1.54 bits per heavy atom. The highest BCUT2D eigenvalue weighted by Crippen LogP contribution is 2.14. The molecule has 0 radical (unpaired) electrons. The predicted octanol–water partition coefficient (Wildman–Crippen LogP) is 1.43. The van der Waals surface area contributed by atoms with Gasteiger partial charge in [-0.15, -0.1) is 11.3 Å². The Hall–Kier alpha value is -0.380. The van der Waals surface area contributed by atoms with E-state index in [2.05, 4.69) is 36.5 Å². The summed E-state index contributed by atoms with van der Waals surface area (Å²) in [6.07, 6.45) is 1.12. The third-order valence-corrected chi connectivity index (χ3v) is 2.93. The van der Waals surface area contributed by atoms with Crippen molar-refractivity contribution in [1.82, 2.24) is 4.90 Å². The van der Waals surface area contributed by atoms with E-state index in [1.165, 1.54) is 4.88 Å². The van der Waals surface area contributed by atoms with Crippen LogP contribution < -0.4 is 5.73 Å². The normalized spacial score (nSPS) is 13.5. The van der Waals surface area contributed by atoms with E-state index >= 15 is 0 Å². The Kier molecular flexibility index (Phi) is 4.42. The molecule has 0 spiro atoms. The SMILES string of the molecule is CN(C)CC(CN)Cc1cccs1. The molecule has 0 saturated heterocycles. The van der Waals surface area contributed by atoms with Crippen molar-refractivity contribution in [2.75, 3.05) is 27.2 Å². The van der Waals surface area contributed by atoms with Gasteiger partial charge in [-0.05, 0) is 44.4 Å². The number of hydrogen-bond donors (Lipinski definition) is 1. The predicted molar refractivity (Wildman–Crippen MR) is 59.1 cm³/mol. The molecule has 1 rings (SSSR count). The Bertz CT molecular complexity index is 219. The summed E-state index contributed by atoms with van der Waals surface area (Å²) in [6, 6.07) is 4.28. The third-order valence-electron chi connectivity index (χ3n) is 2.03. The van der Waals surface area contributed by atoms with Crippen LogP contribution in [0.3, 0.4) is 0 Å². The molecule has 3 heteroatoms. The first-order valence-electron chi connectivity index (χ1n) is 4.59. The van der Waals surface area contributed by atoms with Crippen LogP contribution in [0.25, 0.3) is 0 Å².